The predicted molar refractivity (Wildman–Crippen MR) is 131 cm³/mol. The molecule has 0 aromatic carbocycles. The minimum atomic E-state index is -5.16. The molecular weight excluding hydrogens is 497 g/mol. The summed E-state index contributed by atoms with van der Waals surface area (Å²) in [5, 5.41) is 10.4. The van der Waals surface area contributed by atoms with Gasteiger partial charge < -0.3 is 38.5 Å². The Bertz CT molecular complexity index is 790. The zero-order valence-corrected chi connectivity index (χ0v) is 20.9. The number of guanidine groups is 1. The van der Waals surface area contributed by atoms with E-state index in [0.29, 0.717) is 32.2 Å². The van der Waals surface area contributed by atoms with Gasteiger partial charge in [0, 0.05) is 26.1 Å². The van der Waals surface area contributed by atoms with Crippen LogP contribution in [0.4, 0.5) is 13.2 Å². The lowest BCUT2D eigenvalue weighted by molar-refractivity contribution is -0.174. The summed E-state index contributed by atoms with van der Waals surface area (Å²) in [6.45, 7) is 0.949. The number of hydrogen-bond acceptors (Lipinski definition) is 7. The van der Waals surface area contributed by atoms with Crippen molar-refractivity contribution in [2.75, 3.05) is 26.2 Å². The van der Waals surface area contributed by atoms with Crippen molar-refractivity contribution in [1.29, 1.82) is 0 Å². The molecule has 0 spiro atoms. The maximum absolute atomic E-state index is 13.2. The predicted octanol–water partition coefficient (Wildman–Crippen LogP) is -1.08. The van der Waals surface area contributed by atoms with E-state index in [-0.39, 0.29) is 63.6 Å². The van der Waals surface area contributed by atoms with Gasteiger partial charge in [-0.2, -0.15) is 13.2 Å². The van der Waals surface area contributed by atoms with E-state index in [9.17, 15) is 32.3 Å². The normalized spacial score (nSPS) is 22.9. The summed E-state index contributed by atoms with van der Waals surface area (Å²) < 4.78 is 39.6. The minimum absolute atomic E-state index is 0.0131. The van der Waals surface area contributed by atoms with Gasteiger partial charge >= 0.3 is 6.18 Å². The quantitative estimate of drug-likeness (QED) is 0.109. The zero-order chi connectivity index (χ0) is 27.8. The molecule has 0 aromatic heterocycles. The smallest absolute Gasteiger partial charge is 0.370 e. The lowest BCUT2D eigenvalue weighted by Crippen LogP contribution is -2.56. The summed E-state index contributed by atoms with van der Waals surface area (Å²) >= 11 is 0. The van der Waals surface area contributed by atoms with Gasteiger partial charge in [-0.1, -0.05) is 6.42 Å². The summed E-state index contributed by atoms with van der Waals surface area (Å²) in [5.41, 5.74) is 16.1. The molecule has 0 unspecified atom stereocenters. The number of nitrogens with one attached hydrogen (secondary N) is 4. The number of rotatable bonds is 9. The molecule has 37 heavy (non-hydrogen) atoms. The van der Waals surface area contributed by atoms with Crippen LogP contribution in [-0.2, 0) is 19.2 Å². The summed E-state index contributed by atoms with van der Waals surface area (Å²) in [5.74, 6) is -4.02. The Kier molecular flexibility index (Phi) is 14.5. The highest BCUT2D eigenvalue weighted by Crippen LogP contribution is 2.20. The number of halogens is 3. The highest BCUT2D eigenvalue weighted by molar-refractivity contribution is 5.95. The van der Waals surface area contributed by atoms with Crippen molar-refractivity contribution in [2.24, 2.45) is 22.2 Å². The number of hydrogen-bond donors (Lipinski definition) is 7. The SMILES string of the molecule is NCCCC[C@@H]1NCCC(=O)NCCCC[C@@H](C(=O)C(F)(F)F)NC(=O)[C@H](CCCN=C(N)N)NC1=O. The largest absolute Gasteiger partial charge is 0.452 e. The van der Waals surface area contributed by atoms with Crippen molar-refractivity contribution in [3.63, 3.8) is 0 Å². The van der Waals surface area contributed by atoms with Gasteiger partial charge in [-0.05, 0) is 51.5 Å². The molecule has 10 N–H and O–H groups in total. The number of aliphatic imine (C=N–C) groups is 1. The van der Waals surface area contributed by atoms with Gasteiger partial charge in [-0.3, -0.25) is 24.2 Å². The lowest BCUT2D eigenvalue weighted by atomic mass is 10.0. The molecule has 1 saturated heterocycles. The van der Waals surface area contributed by atoms with Crippen LogP contribution in [-0.4, -0.2) is 79.9 Å². The molecule has 1 aliphatic rings. The molecule has 1 fully saturated rings. The summed E-state index contributed by atoms with van der Waals surface area (Å²) in [7, 11) is 0. The highest BCUT2D eigenvalue weighted by Gasteiger charge is 2.44. The molecule has 12 nitrogen and oxygen atoms in total. The van der Waals surface area contributed by atoms with Gasteiger partial charge in [0.05, 0.1) is 12.1 Å². The van der Waals surface area contributed by atoms with Crippen LogP contribution in [0.5, 0.6) is 0 Å². The molecule has 1 rings (SSSR count). The molecule has 212 valence electrons. The molecule has 0 aliphatic carbocycles. The monoisotopic (exact) mass is 536 g/mol. The zero-order valence-electron chi connectivity index (χ0n) is 20.9. The van der Waals surface area contributed by atoms with E-state index in [0.717, 1.165) is 0 Å². The molecule has 15 heteroatoms. The van der Waals surface area contributed by atoms with Gasteiger partial charge in [0.1, 0.15) is 6.04 Å². The topological polar surface area (TPSA) is 207 Å². The van der Waals surface area contributed by atoms with Gasteiger partial charge in [-0.15, -0.1) is 0 Å². The maximum Gasteiger partial charge on any atom is 0.452 e. The fourth-order valence-corrected chi connectivity index (χ4v) is 3.75. The van der Waals surface area contributed by atoms with Crippen molar-refractivity contribution < 1.29 is 32.3 Å². The van der Waals surface area contributed by atoms with E-state index < -0.39 is 41.9 Å². The number of Topliss-reactive ketones (excluding diaryl/α,β-unsaturated/α-hetero) is 1. The van der Waals surface area contributed by atoms with Crippen LogP contribution in [0.2, 0.25) is 0 Å². The fourth-order valence-electron chi connectivity index (χ4n) is 3.75. The molecule has 0 saturated carbocycles. The van der Waals surface area contributed by atoms with Gasteiger partial charge in [0.25, 0.3) is 5.78 Å². The van der Waals surface area contributed by atoms with Crippen molar-refractivity contribution in [2.45, 2.75) is 82.1 Å². The molecule has 0 radical (unpaired) electrons. The van der Waals surface area contributed by atoms with Crippen molar-refractivity contribution in [3.8, 4) is 0 Å². The Hall–Kier alpha value is -2.94. The average Bonchev–Trinajstić information content (AvgIpc) is 2.82. The number of nitrogens with two attached hydrogens (primary N) is 3. The third-order valence-electron chi connectivity index (χ3n) is 5.74. The first kappa shape index (κ1) is 32.1. The first-order chi connectivity index (χ1) is 17.5. The van der Waals surface area contributed by atoms with Crippen LogP contribution < -0.4 is 38.5 Å². The molecule has 3 atom stereocenters. The van der Waals surface area contributed by atoms with Crippen LogP contribution in [0, 0.1) is 0 Å². The third-order valence-corrected chi connectivity index (χ3v) is 5.74. The number of nitrogens with zero attached hydrogens (tertiary/aromatic N) is 1. The van der Waals surface area contributed by atoms with Crippen LogP contribution in [0.25, 0.3) is 0 Å². The Morgan fingerprint density at radius 3 is 2.27 bits per heavy atom. The lowest BCUT2D eigenvalue weighted by Gasteiger charge is -2.26. The van der Waals surface area contributed by atoms with E-state index in [1.54, 1.807) is 0 Å². The van der Waals surface area contributed by atoms with Gasteiger partial charge in [0.2, 0.25) is 17.7 Å². The third kappa shape index (κ3) is 13.3. The van der Waals surface area contributed by atoms with Crippen LogP contribution >= 0.6 is 0 Å². The number of amides is 3. The molecular formula is C22H39F3N8O4. The second-order valence-corrected chi connectivity index (χ2v) is 8.82. The summed E-state index contributed by atoms with van der Waals surface area (Å²) in [6, 6.07) is -3.83. The molecule has 3 amide bonds. The van der Waals surface area contributed by atoms with E-state index in [2.05, 4.69) is 26.3 Å². The Balaban J connectivity index is 3.16. The molecule has 1 aliphatic heterocycles. The first-order valence-corrected chi connectivity index (χ1v) is 12.4. The average molecular weight is 537 g/mol. The van der Waals surface area contributed by atoms with Crippen molar-refractivity contribution >= 4 is 29.5 Å². The summed E-state index contributed by atoms with van der Waals surface area (Å²) in [6.07, 6.45) is -3.03. The van der Waals surface area contributed by atoms with E-state index in [1.165, 1.54) is 0 Å². The van der Waals surface area contributed by atoms with Crippen LogP contribution in [0.1, 0.15) is 57.8 Å². The number of carbonyl (C=O) groups excluding carboxylic acids is 4. The second kappa shape index (κ2) is 16.7. The van der Waals surface area contributed by atoms with Crippen LogP contribution in [0.3, 0.4) is 0 Å². The number of ketones is 1. The van der Waals surface area contributed by atoms with Gasteiger partial charge in [-0.25, -0.2) is 0 Å². The minimum Gasteiger partial charge on any atom is -0.370 e. The standard InChI is InChI=1S/C22H39F3N8O4/c23-22(24,25)18(35)14-6-2-4-11-30-17(34)9-13-29-15(7-1-3-10-26)19(36)33-16(20(37)32-14)8-5-12-31-21(27)28/h14-16,29H,1-13,26H2,(H,30,34)(H,32,37)(H,33,36)(H4,27,28,31)/t14-,15-,16-/m0/s1. The first-order valence-electron chi connectivity index (χ1n) is 12.4. The Morgan fingerprint density at radius 2 is 1.62 bits per heavy atom. The highest BCUT2D eigenvalue weighted by atomic mass is 19.4. The second-order valence-electron chi connectivity index (χ2n) is 8.82. The Morgan fingerprint density at radius 1 is 0.946 bits per heavy atom. The molecule has 1 heterocycles. The Labute approximate surface area is 214 Å². The van der Waals surface area contributed by atoms with Crippen LogP contribution in [0.15, 0.2) is 4.99 Å². The van der Waals surface area contributed by atoms with Crippen molar-refractivity contribution in [1.82, 2.24) is 21.3 Å². The maximum atomic E-state index is 13.2. The van der Waals surface area contributed by atoms with E-state index in [4.69, 9.17) is 17.2 Å². The number of alkyl halides is 3. The van der Waals surface area contributed by atoms with E-state index in [1.807, 2.05) is 0 Å². The molecule has 0 aromatic rings. The summed E-state index contributed by atoms with van der Waals surface area (Å²) in [4.78, 5) is 53.9. The van der Waals surface area contributed by atoms with Crippen molar-refractivity contribution in [3.05, 3.63) is 0 Å². The fraction of sp³-hybridized carbons (Fsp3) is 0.773. The molecule has 0 bridgehead atoms. The number of carbonyl (C=O) groups is 4. The van der Waals surface area contributed by atoms with Gasteiger partial charge in [0.15, 0.2) is 5.96 Å². The van der Waals surface area contributed by atoms with E-state index >= 15 is 0 Å². The number of unbranched alkanes of at least 4 members (excludes halogenated alkanes) is 1.